The molecule has 1 aromatic rings. The van der Waals surface area contributed by atoms with Gasteiger partial charge in [0.05, 0.1) is 23.6 Å². The van der Waals surface area contributed by atoms with E-state index in [4.69, 9.17) is 24.7 Å². The number of rotatable bonds is 6. The van der Waals surface area contributed by atoms with Crippen molar-refractivity contribution in [1.29, 1.82) is 0 Å². The fraction of sp³-hybridized carbons (Fsp3) is 0.417. The lowest BCUT2D eigenvalue weighted by Gasteiger charge is -2.30. The van der Waals surface area contributed by atoms with Gasteiger partial charge in [0.25, 0.3) is 5.91 Å². The standard InChI is InChI=1S/C36H45N3O10/c1-20-15-25-30(39-36(45)48-19-24-12-8-7-9-13-24)27(40)18-26(32(25)42)38-34(43)21(2)11-10-14-28(46-5)33(49-35(37)44)23(4)17-22(3)31(41)29(16-20)47-6/h7-14,17-18,20,22,28-29,31,33,41H,15-16,19H2,1-6H3,(H2,37,44)(H,38,43)(H,39,45)/b14-10-,21-11+,23-17+/t20-,22+,28+,29+,31-,33-/m1/s1. The second kappa shape index (κ2) is 18.1. The first kappa shape index (κ1) is 38.6. The molecule has 5 N–H and O–H groups in total. The van der Waals surface area contributed by atoms with E-state index in [1.807, 2.05) is 6.07 Å². The van der Waals surface area contributed by atoms with Crippen LogP contribution in [0.25, 0.3) is 0 Å². The highest BCUT2D eigenvalue weighted by molar-refractivity contribution is 6.24. The summed E-state index contributed by atoms with van der Waals surface area (Å²) >= 11 is 0. The maximum Gasteiger partial charge on any atom is 0.412 e. The van der Waals surface area contributed by atoms with Gasteiger partial charge in [0, 0.05) is 37.4 Å². The number of hydrogen-bond acceptors (Lipinski definition) is 10. The number of Topliss-reactive ketones (excluding diaryl/α,β-unsaturated/α-hetero) is 1. The van der Waals surface area contributed by atoms with Gasteiger partial charge in [-0.05, 0) is 43.7 Å². The summed E-state index contributed by atoms with van der Waals surface area (Å²) in [6, 6.07) is 8.94. The zero-order valence-electron chi connectivity index (χ0n) is 28.6. The number of nitrogens with two attached hydrogens (primary N) is 1. The number of ether oxygens (including phenoxy) is 4. The summed E-state index contributed by atoms with van der Waals surface area (Å²) in [6.45, 7) is 6.72. The van der Waals surface area contributed by atoms with Crippen LogP contribution in [0, 0.1) is 11.8 Å². The van der Waals surface area contributed by atoms with Crippen molar-refractivity contribution in [1.82, 2.24) is 10.6 Å². The van der Waals surface area contributed by atoms with Gasteiger partial charge in [0.15, 0.2) is 6.10 Å². The van der Waals surface area contributed by atoms with Gasteiger partial charge in [-0.3, -0.25) is 19.7 Å². The molecule has 264 valence electrons. The van der Waals surface area contributed by atoms with Crippen molar-refractivity contribution in [2.75, 3.05) is 14.2 Å². The van der Waals surface area contributed by atoms with Crippen molar-refractivity contribution in [3.05, 3.63) is 94.4 Å². The molecule has 49 heavy (non-hydrogen) atoms. The first-order valence-electron chi connectivity index (χ1n) is 15.8. The maximum atomic E-state index is 13.8. The first-order chi connectivity index (χ1) is 23.2. The topological polar surface area (TPSA) is 193 Å². The Balaban J connectivity index is 2.02. The van der Waals surface area contributed by atoms with Crippen molar-refractivity contribution < 1.29 is 48.0 Å². The Morgan fingerprint density at radius 1 is 1.06 bits per heavy atom. The van der Waals surface area contributed by atoms with Gasteiger partial charge in [0.1, 0.15) is 12.7 Å². The SMILES string of the molecule is CO[C@H]1/C=C\C=C(/C)C(=O)NC2=CC(=O)C(NC(=O)OCc3ccccc3)=C(C[C@@H](C)C[C@H](OC)[C@H](O)[C@@H](C)/C=C(\C)[C@H]1OC(N)=O)C2=O. The minimum atomic E-state index is -1.04. The number of fused-ring (bicyclic) bond motifs is 2. The van der Waals surface area contributed by atoms with Crippen LogP contribution in [0.4, 0.5) is 9.59 Å². The molecule has 0 saturated heterocycles. The van der Waals surface area contributed by atoms with Crippen molar-refractivity contribution in [2.24, 2.45) is 17.6 Å². The second-order valence-electron chi connectivity index (χ2n) is 12.1. The molecule has 6 atom stereocenters. The molecule has 3 amide bonds. The molecule has 13 heteroatoms. The molecule has 1 heterocycles. The lowest BCUT2D eigenvalue weighted by Crippen LogP contribution is -2.38. The summed E-state index contributed by atoms with van der Waals surface area (Å²) in [4.78, 5) is 64.9. The lowest BCUT2D eigenvalue weighted by molar-refractivity contribution is -0.120. The number of aliphatic hydroxyl groups is 1. The summed E-state index contributed by atoms with van der Waals surface area (Å²) in [5, 5.41) is 16.3. The number of amides is 3. The summed E-state index contributed by atoms with van der Waals surface area (Å²) < 4.78 is 21.9. The van der Waals surface area contributed by atoms with Crippen LogP contribution in [0.5, 0.6) is 0 Å². The third-order valence-electron chi connectivity index (χ3n) is 8.23. The van der Waals surface area contributed by atoms with Crippen LogP contribution < -0.4 is 16.4 Å². The highest BCUT2D eigenvalue weighted by atomic mass is 16.6. The molecular weight excluding hydrogens is 634 g/mol. The van der Waals surface area contributed by atoms with E-state index in [0.29, 0.717) is 5.57 Å². The quantitative estimate of drug-likeness (QED) is 0.255. The molecule has 0 saturated carbocycles. The fourth-order valence-electron chi connectivity index (χ4n) is 5.58. The maximum absolute atomic E-state index is 13.8. The molecule has 1 aliphatic carbocycles. The Morgan fingerprint density at radius 2 is 1.76 bits per heavy atom. The Hall–Kier alpha value is -4.85. The highest BCUT2D eigenvalue weighted by Gasteiger charge is 2.34. The molecule has 13 nitrogen and oxygen atoms in total. The summed E-state index contributed by atoms with van der Waals surface area (Å²) in [7, 11) is 2.86. The first-order valence-corrected chi connectivity index (χ1v) is 15.8. The van der Waals surface area contributed by atoms with Crippen molar-refractivity contribution in [2.45, 2.75) is 71.6 Å². The van der Waals surface area contributed by atoms with Crippen molar-refractivity contribution >= 4 is 29.7 Å². The Morgan fingerprint density at radius 3 is 2.39 bits per heavy atom. The van der Waals surface area contributed by atoms with Gasteiger partial charge in [0.2, 0.25) is 11.6 Å². The predicted molar refractivity (Wildman–Crippen MR) is 179 cm³/mol. The third kappa shape index (κ3) is 10.8. The molecule has 0 unspecified atom stereocenters. The summed E-state index contributed by atoms with van der Waals surface area (Å²) in [5.74, 6) is -2.90. The van der Waals surface area contributed by atoms with Crippen molar-refractivity contribution in [3.8, 4) is 0 Å². The van der Waals surface area contributed by atoms with Crippen LogP contribution in [0.2, 0.25) is 0 Å². The number of carbonyl (C=O) groups is 5. The van der Waals surface area contributed by atoms with E-state index in [2.05, 4.69) is 10.6 Å². The molecule has 2 aliphatic rings. The van der Waals surface area contributed by atoms with Gasteiger partial charge in [-0.2, -0.15) is 0 Å². The molecular formula is C36H45N3O10. The number of ketones is 2. The van der Waals surface area contributed by atoms with Gasteiger partial charge in [-0.15, -0.1) is 0 Å². The molecule has 0 aromatic heterocycles. The van der Waals surface area contributed by atoms with E-state index in [1.54, 1.807) is 57.2 Å². The molecule has 0 radical (unpaired) electrons. The van der Waals surface area contributed by atoms with Gasteiger partial charge < -0.3 is 35.1 Å². The monoisotopic (exact) mass is 679 g/mol. The molecule has 0 fully saturated rings. The van der Waals surface area contributed by atoms with Crippen LogP contribution >= 0.6 is 0 Å². The molecule has 0 spiro atoms. The highest BCUT2D eigenvalue weighted by Crippen LogP contribution is 2.29. The van der Waals surface area contributed by atoms with E-state index in [-0.39, 0.29) is 47.9 Å². The largest absolute Gasteiger partial charge is 0.444 e. The Labute approximate surface area is 285 Å². The number of carbonyl (C=O) groups excluding carboxylic acids is 5. The van der Waals surface area contributed by atoms with Gasteiger partial charge >= 0.3 is 12.2 Å². The lowest BCUT2D eigenvalue weighted by atomic mass is 9.85. The smallest absolute Gasteiger partial charge is 0.412 e. The number of allylic oxidation sites excluding steroid dienone is 4. The number of methoxy groups -OCH3 is 2. The third-order valence-corrected chi connectivity index (χ3v) is 8.23. The second-order valence-corrected chi connectivity index (χ2v) is 12.1. The van der Waals surface area contributed by atoms with Crippen LogP contribution in [-0.4, -0.2) is 73.4 Å². The van der Waals surface area contributed by atoms with E-state index < -0.39 is 60.0 Å². The Kier molecular flexibility index (Phi) is 14.2. The van der Waals surface area contributed by atoms with Gasteiger partial charge in [-0.1, -0.05) is 68.5 Å². The normalized spacial score (nSPS) is 28.6. The van der Waals surface area contributed by atoms with E-state index in [9.17, 15) is 29.1 Å². The average Bonchev–Trinajstić information content (AvgIpc) is 3.06. The number of hydrogen-bond donors (Lipinski definition) is 4. The summed E-state index contributed by atoms with van der Waals surface area (Å²) in [6.07, 6.45) is 1.93. The van der Waals surface area contributed by atoms with E-state index in [0.717, 1.165) is 11.6 Å². The van der Waals surface area contributed by atoms with Crippen LogP contribution in [-0.2, 0) is 39.9 Å². The minimum Gasteiger partial charge on any atom is -0.444 e. The molecule has 2 bridgehead atoms. The fourth-order valence-corrected chi connectivity index (χ4v) is 5.58. The van der Waals surface area contributed by atoms with Crippen LogP contribution in [0.15, 0.2) is 88.8 Å². The van der Waals surface area contributed by atoms with Gasteiger partial charge in [-0.25, -0.2) is 9.59 Å². The van der Waals surface area contributed by atoms with Crippen LogP contribution in [0.3, 0.4) is 0 Å². The average molecular weight is 680 g/mol. The molecule has 3 rings (SSSR count). The zero-order chi connectivity index (χ0) is 36.2. The van der Waals surface area contributed by atoms with Crippen molar-refractivity contribution in [3.63, 3.8) is 0 Å². The number of primary amides is 1. The number of aliphatic hydroxyl groups excluding tert-OH is 1. The van der Waals surface area contributed by atoms with E-state index >= 15 is 0 Å². The van der Waals surface area contributed by atoms with Crippen LogP contribution in [0.1, 0.15) is 46.1 Å². The Bertz CT molecular complexity index is 1560. The minimum absolute atomic E-state index is 0.0104. The summed E-state index contributed by atoms with van der Waals surface area (Å²) in [5.41, 5.74) is 6.24. The zero-order valence-corrected chi connectivity index (χ0v) is 28.6. The number of alkyl carbamates (subject to hydrolysis) is 1. The molecule has 1 aliphatic heterocycles. The van der Waals surface area contributed by atoms with E-state index in [1.165, 1.54) is 33.3 Å². The molecule has 1 aromatic carbocycles. The number of benzene rings is 1. The predicted octanol–water partition coefficient (Wildman–Crippen LogP) is 3.69. The number of nitrogens with one attached hydrogen (secondary N) is 2.